The average Bonchev–Trinajstić information content (AvgIpc) is 2.12. The first kappa shape index (κ1) is 11.4. The molecule has 0 aliphatic heterocycles. The van der Waals surface area contributed by atoms with Gasteiger partial charge in [0.25, 0.3) is 0 Å². The third kappa shape index (κ3) is 3.72. The highest BCUT2D eigenvalue weighted by atomic mass is 79.9. The van der Waals surface area contributed by atoms with E-state index in [4.69, 9.17) is 4.74 Å². The van der Waals surface area contributed by atoms with Crippen molar-refractivity contribution in [1.29, 1.82) is 0 Å². The number of nitrogens with zero attached hydrogens (tertiary/aromatic N) is 1. The van der Waals surface area contributed by atoms with Gasteiger partial charge in [-0.05, 0) is 13.8 Å². The van der Waals surface area contributed by atoms with Crippen molar-refractivity contribution in [2.24, 2.45) is 4.99 Å². The second-order valence-corrected chi connectivity index (χ2v) is 2.63. The highest BCUT2D eigenvalue weighted by Crippen LogP contribution is 2.04. The van der Waals surface area contributed by atoms with E-state index in [0.717, 1.165) is 10.9 Å². The topological polar surface area (TPSA) is 21.6 Å². The average molecular weight is 232 g/mol. The second-order valence-electron chi connectivity index (χ2n) is 2.07. The molecule has 0 atom stereocenters. The molecule has 0 rings (SSSR count). The molecule has 0 aromatic heterocycles. The number of alkyl halides is 1. The van der Waals surface area contributed by atoms with Gasteiger partial charge in [0.1, 0.15) is 0 Å². The minimum absolute atomic E-state index is 0.660. The Balaban J connectivity index is 4.53. The fourth-order valence-corrected chi connectivity index (χ4v) is 1.23. The summed E-state index contributed by atoms with van der Waals surface area (Å²) in [4.78, 5) is 4.12. The van der Waals surface area contributed by atoms with Crippen LogP contribution < -0.4 is 0 Å². The van der Waals surface area contributed by atoms with Crippen LogP contribution in [0.4, 0.5) is 0 Å². The summed E-state index contributed by atoms with van der Waals surface area (Å²) in [5.41, 5.74) is 1.05. The lowest BCUT2D eigenvalue weighted by atomic mass is 10.3. The predicted molar refractivity (Wildman–Crippen MR) is 56.8 cm³/mol. The molecule has 12 heavy (non-hydrogen) atoms. The third-order valence-corrected chi connectivity index (χ3v) is 1.91. The summed E-state index contributed by atoms with van der Waals surface area (Å²) < 4.78 is 5.10. The molecule has 0 fully saturated rings. The van der Waals surface area contributed by atoms with Crippen LogP contribution in [0.5, 0.6) is 0 Å². The minimum atomic E-state index is 0.660. The zero-order valence-electron chi connectivity index (χ0n) is 7.67. The van der Waals surface area contributed by atoms with E-state index in [1.54, 1.807) is 13.3 Å². The van der Waals surface area contributed by atoms with Gasteiger partial charge in [0.15, 0.2) is 0 Å². The Morgan fingerprint density at radius 2 is 2.17 bits per heavy atom. The predicted octanol–water partition coefficient (Wildman–Crippen LogP) is 2.91. The lowest BCUT2D eigenvalue weighted by Gasteiger charge is -2.04. The Labute approximate surface area is 82.2 Å². The van der Waals surface area contributed by atoms with Crippen LogP contribution in [0.2, 0.25) is 0 Å². The van der Waals surface area contributed by atoms with E-state index < -0.39 is 0 Å². The zero-order valence-corrected chi connectivity index (χ0v) is 9.26. The van der Waals surface area contributed by atoms with Crippen LogP contribution in [-0.4, -0.2) is 18.3 Å². The SMILES string of the molecule is C\C=C/N=C(OC)\C(=C/C)CBr. The summed E-state index contributed by atoms with van der Waals surface area (Å²) in [6.45, 7) is 3.88. The van der Waals surface area contributed by atoms with Crippen molar-refractivity contribution in [1.82, 2.24) is 0 Å². The molecule has 0 N–H and O–H groups in total. The molecular formula is C9H14BrNO. The molecule has 0 aliphatic carbocycles. The fourth-order valence-electron chi connectivity index (χ4n) is 0.667. The molecule has 0 saturated carbocycles. The first-order valence-electron chi connectivity index (χ1n) is 3.74. The Hall–Kier alpha value is -0.570. The monoisotopic (exact) mass is 231 g/mol. The molecule has 0 unspecified atom stereocenters. The molecule has 3 heteroatoms. The third-order valence-electron chi connectivity index (χ3n) is 1.30. The van der Waals surface area contributed by atoms with Crippen molar-refractivity contribution in [3.63, 3.8) is 0 Å². The summed E-state index contributed by atoms with van der Waals surface area (Å²) in [7, 11) is 1.62. The van der Waals surface area contributed by atoms with Gasteiger partial charge in [0.05, 0.1) is 7.11 Å². The van der Waals surface area contributed by atoms with Crippen molar-refractivity contribution in [2.75, 3.05) is 12.4 Å². The minimum Gasteiger partial charge on any atom is -0.481 e. The quantitative estimate of drug-likeness (QED) is 0.416. The van der Waals surface area contributed by atoms with Crippen molar-refractivity contribution >= 4 is 21.8 Å². The van der Waals surface area contributed by atoms with E-state index in [1.807, 2.05) is 26.0 Å². The smallest absolute Gasteiger partial charge is 0.216 e. The molecular weight excluding hydrogens is 218 g/mol. The van der Waals surface area contributed by atoms with E-state index in [0.29, 0.717) is 5.90 Å². The zero-order chi connectivity index (χ0) is 9.40. The first-order valence-corrected chi connectivity index (χ1v) is 4.86. The van der Waals surface area contributed by atoms with E-state index in [9.17, 15) is 0 Å². The highest BCUT2D eigenvalue weighted by molar-refractivity contribution is 9.09. The molecule has 0 aromatic carbocycles. The number of aliphatic imine (C=N–C) groups is 1. The van der Waals surface area contributed by atoms with Gasteiger partial charge in [-0.2, -0.15) is 0 Å². The summed E-state index contributed by atoms with van der Waals surface area (Å²) >= 11 is 3.36. The van der Waals surface area contributed by atoms with Crippen LogP contribution in [0.3, 0.4) is 0 Å². The summed E-state index contributed by atoms with van der Waals surface area (Å²) in [6.07, 6.45) is 5.55. The van der Waals surface area contributed by atoms with E-state index in [2.05, 4.69) is 20.9 Å². The maximum absolute atomic E-state index is 5.10. The molecule has 0 amide bonds. The molecule has 0 saturated heterocycles. The van der Waals surface area contributed by atoms with Gasteiger partial charge in [-0.25, -0.2) is 4.99 Å². The number of hydrogen-bond acceptors (Lipinski definition) is 2. The maximum Gasteiger partial charge on any atom is 0.216 e. The van der Waals surface area contributed by atoms with Gasteiger partial charge in [-0.1, -0.05) is 28.1 Å². The molecule has 68 valence electrons. The molecule has 0 aliphatic rings. The van der Waals surface area contributed by atoms with Gasteiger partial charge < -0.3 is 4.74 Å². The van der Waals surface area contributed by atoms with Crippen molar-refractivity contribution in [3.8, 4) is 0 Å². The standard InChI is InChI=1S/C9H14BrNO/c1-4-6-11-9(12-3)8(5-2)7-10/h4-6H,7H2,1-3H3/b6-4-,8-5-,11-9+. The van der Waals surface area contributed by atoms with Crippen LogP contribution in [0.25, 0.3) is 0 Å². The Kier molecular flexibility index (Phi) is 6.76. The molecule has 0 spiro atoms. The Morgan fingerprint density at radius 1 is 1.50 bits per heavy atom. The second kappa shape index (κ2) is 7.10. The van der Waals surface area contributed by atoms with Gasteiger partial charge in [-0.15, -0.1) is 0 Å². The number of ether oxygens (including phenoxy) is 1. The largest absolute Gasteiger partial charge is 0.481 e. The van der Waals surface area contributed by atoms with E-state index in [-0.39, 0.29) is 0 Å². The van der Waals surface area contributed by atoms with Gasteiger partial charge >= 0.3 is 0 Å². The van der Waals surface area contributed by atoms with Crippen LogP contribution in [0, 0.1) is 0 Å². The van der Waals surface area contributed by atoms with E-state index in [1.165, 1.54) is 0 Å². The lowest BCUT2D eigenvalue weighted by Crippen LogP contribution is -2.05. The van der Waals surface area contributed by atoms with Crippen LogP contribution in [0.1, 0.15) is 13.8 Å². The number of rotatable bonds is 3. The van der Waals surface area contributed by atoms with Crippen LogP contribution in [-0.2, 0) is 4.74 Å². The number of methoxy groups -OCH3 is 1. The first-order chi connectivity index (χ1) is 5.79. The summed E-state index contributed by atoms with van der Waals surface area (Å²) in [5.74, 6) is 0.660. The van der Waals surface area contributed by atoms with Crippen LogP contribution in [0.15, 0.2) is 28.9 Å². The van der Waals surface area contributed by atoms with Crippen molar-refractivity contribution < 1.29 is 4.74 Å². The molecule has 0 aromatic rings. The van der Waals surface area contributed by atoms with Crippen molar-refractivity contribution in [3.05, 3.63) is 23.9 Å². The van der Waals surface area contributed by atoms with Crippen LogP contribution >= 0.6 is 15.9 Å². The summed E-state index contributed by atoms with van der Waals surface area (Å²) in [6, 6.07) is 0. The number of halogens is 1. The summed E-state index contributed by atoms with van der Waals surface area (Å²) in [5, 5.41) is 0.758. The fraction of sp³-hybridized carbons (Fsp3) is 0.444. The van der Waals surface area contributed by atoms with Gasteiger partial charge in [0, 0.05) is 17.1 Å². The van der Waals surface area contributed by atoms with Crippen molar-refractivity contribution in [2.45, 2.75) is 13.8 Å². The number of hydrogen-bond donors (Lipinski definition) is 0. The molecule has 0 radical (unpaired) electrons. The molecule has 2 nitrogen and oxygen atoms in total. The molecule has 0 bridgehead atoms. The number of allylic oxidation sites excluding steroid dienone is 2. The van der Waals surface area contributed by atoms with Gasteiger partial charge in [-0.3, -0.25) is 0 Å². The lowest BCUT2D eigenvalue weighted by molar-refractivity contribution is 0.403. The normalized spacial score (nSPS) is 14.0. The highest BCUT2D eigenvalue weighted by Gasteiger charge is 2.02. The molecule has 0 heterocycles. The Bertz CT molecular complexity index is 207. The maximum atomic E-state index is 5.10. The van der Waals surface area contributed by atoms with Gasteiger partial charge in [0.2, 0.25) is 5.90 Å². The van der Waals surface area contributed by atoms with E-state index >= 15 is 0 Å². The Morgan fingerprint density at radius 3 is 2.50 bits per heavy atom.